The molecule has 0 heterocycles. The molecule has 0 N–H and O–H groups in total. The Bertz CT molecular complexity index is 531. The zero-order valence-corrected chi connectivity index (χ0v) is 12.5. The second-order valence-corrected chi connectivity index (χ2v) is 6.38. The molecule has 0 amide bonds. The number of benzene rings is 1. The van der Waals surface area contributed by atoms with Crippen LogP contribution in [-0.2, 0) is 0 Å². The Morgan fingerprint density at radius 1 is 0.944 bits per heavy atom. The fourth-order valence-electron chi connectivity index (χ4n) is 1.57. The van der Waals surface area contributed by atoms with Crippen LogP contribution in [0.1, 0.15) is 5.56 Å². The first-order valence-corrected chi connectivity index (χ1v) is 6.76. The highest BCUT2D eigenvalue weighted by Crippen LogP contribution is 2.55. The number of allylic oxidation sites excluding steroid dienone is 4. The van der Waals surface area contributed by atoms with Crippen LogP contribution in [-0.4, -0.2) is 9.46 Å². The summed E-state index contributed by atoms with van der Waals surface area (Å²) in [6.07, 6.45) is 1.07. The van der Waals surface area contributed by atoms with Gasteiger partial charge in [-0.05, 0) is 11.6 Å². The van der Waals surface area contributed by atoms with Crippen molar-refractivity contribution in [2.45, 2.75) is 9.46 Å². The van der Waals surface area contributed by atoms with Gasteiger partial charge in [0, 0.05) is 5.57 Å². The van der Waals surface area contributed by atoms with E-state index in [0.717, 1.165) is 6.08 Å². The molecule has 1 aromatic carbocycles. The molecule has 0 aromatic heterocycles. The van der Waals surface area contributed by atoms with Crippen LogP contribution >= 0.6 is 58.0 Å². The van der Waals surface area contributed by atoms with E-state index in [-0.39, 0.29) is 10.1 Å². The highest BCUT2D eigenvalue weighted by molar-refractivity contribution is 6.62. The fourth-order valence-corrected chi connectivity index (χ4v) is 2.76. The molecular weight excluding hydrogens is 340 g/mol. The summed E-state index contributed by atoms with van der Waals surface area (Å²) in [5.41, 5.74) is 1.03. The lowest BCUT2D eigenvalue weighted by molar-refractivity contribution is 0.332. The average molecular weight is 346 g/mol. The number of rotatable bonds is 1. The Morgan fingerprint density at radius 2 is 1.50 bits per heavy atom. The van der Waals surface area contributed by atoms with E-state index < -0.39 is 9.46 Å². The fraction of sp³-hybridized carbons (Fsp3) is 0.167. The zero-order chi connectivity index (χ0) is 13.6. The molecule has 1 unspecified atom stereocenters. The Hall–Kier alpha value is 0.0800. The summed E-state index contributed by atoms with van der Waals surface area (Å²) in [4.78, 5) is 0. The third-order valence-electron chi connectivity index (χ3n) is 2.53. The first-order chi connectivity index (χ1) is 8.27. The number of halogens is 6. The molecule has 0 spiro atoms. The maximum absolute atomic E-state index is 14.3. The lowest BCUT2D eigenvalue weighted by atomic mass is 9.97. The third kappa shape index (κ3) is 2.28. The minimum Gasteiger partial charge on any atom is -0.218 e. The van der Waals surface area contributed by atoms with E-state index in [2.05, 4.69) is 0 Å². The summed E-state index contributed by atoms with van der Waals surface area (Å²) in [6.45, 7) is 0. The first-order valence-electron chi connectivity index (χ1n) is 4.87. The monoisotopic (exact) mass is 344 g/mol. The van der Waals surface area contributed by atoms with E-state index in [1.165, 1.54) is 0 Å². The molecule has 1 aliphatic rings. The van der Waals surface area contributed by atoms with Gasteiger partial charge in [0.2, 0.25) is 9.46 Å². The van der Waals surface area contributed by atoms with Gasteiger partial charge in [0.05, 0.1) is 10.1 Å². The summed E-state index contributed by atoms with van der Waals surface area (Å²) in [7, 11) is 0. The van der Waals surface area contributed by atoms with Gasteiger partial charge in [-0.2, -0.15) is 0 Å². The molecule has 1 atom stereocenters. The van der Waals surface area contributed by atoms with Crippen molar-refractivity contribution in [3.63, 3.8) is 0 Å². The van der Waals surface area contributed by atoms with E-state index in [4.69, 9.17) is 58.0 Å². The van der Waals surface area contributed by atoms with Gasteiger partial charge in [-0.25, -0.2) is 4.39 Å². The molecule has 1 aromatic rings. The second-order valence-electron chi connectivity index (χ2n) is 3.75. The summed E-state index contributed by atoms with van der Waals surface area (Å²) in [5, 5.41) is -2.68. The van der Waals surface area contributed by atoms with Gasteiger partial charge in [-0.15, -0.1) is 0 Å². The van der Waals surface area contributed by atoms with Gasteiger partial charge in [0.15, 0.2) is 0 Å². The van der Waals surface area contributed by atoms with Crippen LogP contribution in [0.4, 0.5) is 4.39 Å². The van der Waals surface area contributed by atoms with E-state index in [0.29, 0.717) is 11.1 Å². The van der Waals surface area contributed by atoms with E-state index in [1.807, 2.05) is 6.07 Å². The molecule has 0 saturated heterocycles. The van der Waals surface area contributed by atoms with Crippen molar-refractivity contribution in [2.24, 2.45) is 0 Å². The van der Waals surface area contributed by atoms with Crippen LogP contribution in [0.3, 0.4) is 0 Å². The smallest absolute Gasteiger partial charge is 0.218 e. The predicted molar refractivity (Wildman–Crippen MR) is 77.3 cm³/mol. The number of alkyl halides is 4. The summed E-state index contributed by atoms with van der Waals surface area (Å²) >= 11 is 29.3. The van der Waals surface area contributed by atoms with Crippen LogP contribution in [0.2, 0.25) is 0 Å². The maximum Gasteiger partial charge on any atom is 0.240 e. The molecule has 0 bridgehead atoms. The zero-order valence-electron chi connectivity index (χ0n) is 8.73. The van der Waals surface area contributed by atoms with Crippen molar-refractivity contribution in [3.8, 4) is 0 Å². The van der Waals surface area contributed by atoms with Gasteiger partial charge >= 0.3 is 0 Å². The van der Waals surface area contributed by atoms with Crippen LogP contribution in [0.15, 0.2) is 46.5 Å². The molecule has 0 fully saturated rings. The Labute approximate surface area is 129 Å². The van der Waals surface area contributed by atoms with Gasteiger partial charge in [0.1, 0.15) is 0 Å². The van der Waals surface area contributed by atoms with E-state index in [1.54, 1.807) is 24.3 Å². The third-order valence-corrected chi connectivity index (χ3v) is 5.20. The standard InChI is InChI=1S/C12H6Cl5F/c13-9-8(7-4-2-1-3-5-7)6-11(15,18)12(16,17)10(9)14/h1-6H. The van der Waals surface area contributed by atoms with E-state index >= 15 is 0 Å². The highest BCUT2D eigenvalue weighted by Gasteiger charge is 2.54. The quantitative estimate of drug-likeness (QED) is 0.559. The number of hydrogen-bond acceptors (Lipinski definition) is 0. The van der Waals surface area contributed by atoms with Gasteiger partial charge in [-0.1, -0.05) is 88.3 Å². The van der Waals surface area contributed by atoms with E-state index in [9.17, 15) is 4.39 Å². The molecule has 1 aliphatic carbocycles. The Balaban J connectivity index is 2.61. The molecule has 2 rings (SSSR count). The predicted octanol–water partition coefficient (Wildman–Crippen LogP) is 5.85. The molecule has 18 heavy (non-hydrogen) atoms. The molecule has 0 radical (unpaired) electrons. The largest absolute Gasteiger partial charge is 0.240 e. The molecule has 6 heteroatoms. The van der Waals surface area contributed by atoms with Gasteiger partial charge < -0.3 is 0 Å². The van der Waals surface area contributed by atoms with Gasteiger partial charge in [-0.3, -0.25) is 0 Å². The first kappa shape index (κ1) is 14.5. The summed E-state index contributed by atoms with van der Waals surface area (Å²) in [6, 6.07) is 8.89. The minimum atomic E-state index is -2.53. The van der Waals surface area contributed by atoms with Crippen molar-refractivity contribution in [3.05, 3.63) is 52.0 Å². The topological polar surface area (TPSA) is 0 Å². The Morgan fingerprint density at radius 3 is 2.06 bits per heavy atom. The lowest BCUT2D eigenvalue weighted by Gasteiger charge is -2.33. The van der Waals surface area contributed by atoms with Crippen LogP contribution in [0, 0.1) is 0 Å². The minimum absolute atomic E-state index is 0.0850. The van der Waals surface area contributed by atoms with Crippen molar-refractivity contribution < 1.29 is 4.39 Å². The second kappa shape index (κ2) is 4.88. The normalized spacial score (nSPS) is 27.1. The van der Waals surface area contributed by atoms with Crippen LogP contribution < -0.4 is 0 Å². The lowest BCUT2D eigenvalue weighted by Crippen LogP contribution is -2.38. The summed E-state index contributed by atoms with van der Waals surface area (Å²) in [5.74, 6) is 0. The maximum atomic E-state index is 14.3. The molecular formula is C12H6Cl5F. The summed E-state index contributed by atoms with van der Waals surface area (Å²) < 4.78 is 12.2. The van der Waals surface area contributed by atoms with Crippen molar-refractivity contribution in [2.75, 3.05) is 0 Å². The molecule has 96 valence electrons. The Kier molecular flexibility index (Phi) is 3.93. The van der Waals surface area contributed by atoms with Crippen molar-refractivity contribution in [1.29, 1.82) is 0 Å². The van der Waals surface area contributed by atoms with Crippen LogP contribution in [0.25, 0.3) is 5.57 Å². The van der Waals surface area contributed by atoms with Crippen molar-refractivity contribution >= 4 is 63.6 Å². The average Bonchev–Trinajstić information content (AvgIpc) is 2.33. The molecule has 0 aliphatic heterocycles. The van der Waals surface area contributed by atoms with Crippen molar-refractivity contribution in [1.82, 2.24) is 0 Å². The highest BCUT2D eigenvalue weighted by atomic mass is 35.5. The molecule has 0 nitrogen and oxygen atoms in total. The van der Waals surface area contributed by atoms with Crippen LogP contribution in [0.5, 0.6) is 0 Å². The van der Waals surface area contributed by atoms with Gasteiger partial charge in [0.25, 0.3) is 0 Å². The molecule has 0 saturated carbocycles. The number of hydrogen-bond donors (Lipinski definition) is 0. The SMILES string of the molecule is FC1(Cl)C=C(c2ccccc2)C(Cl)=C(Cl)C1(Cl)Cl.